The Balaban J connectivity index is 1.50. The van der Waals surface area contributed by atoms with E-state index in [4.69, 9.17) is 20.9 Å². The Hall–Kier alpha value is -2.54. The van der Waals surface area contributed by atoms with Crippen LogP contribution in [0.25, 0.3) is 0 Å². The van der Waals surface area contributed by atoms with Crippen molar-refractivity contribution in [1.29, 1.82) is 0 Å². The molecule has 0 radical (unpaired) electrons. The number of carbonyl (C=O) groups excluding carboxylic acids is 2. The summed E-state index contributed by atoms with van der Waals surface area (Å²) in [4.78, 5) is 24.8. The lowest BCUT2D eigenvalue weighted by Gasteiger charge is -2.26. The third kappa shape index (κ3) is 4.80. The summed E-state index contributed by atoms with van der Waals surface area (Å²) >= 11 is 6.09. The average Bonchev–Trinajstić information content (AvgIpc) is 3.06. The molecule has 1 aromatic heterocycles. The second-order valence-corrected chi connectivity index (χ2v) is 7.11. The number of aromatic nitrogens is 1. The van der Waals surface area contributed by atoms with Gasteiger partial charge in [0.05, 0.1) is 12.1 Å². The fraction of sp³-hybridized carbons (Fsp3) is 0.421. The number of carbonyl (C=O) groups is 2. The van der Waals surface area contributed by atoms with E-state index in [1.165, 1.54) is 7.11 Å². The molecule has 0 bridgehead atoms. The predicted octanol–water partition coefficient (Wildman–Crippen LogP) is 4.03. The molecule has 1 aliphatic carbocycles. The Labute approximate surface area is 162 Å². The van der Waals surface area contributed by atoms with Crippen LogP contribution < -0.4 is 15.4 Å². The lowest BCUT2D eigenvalue weighted by Crippen LogP contribution is -2.32. The van der Waals surface area contributed by atoms with Gasteiger partial charge in [-0.3, -0.25) is 9.59 Å². The van der Waals surface area contributed by atoms with Gasteiger partial charge in [0, 0.05) is 23.6 Å². The van der Waals surface area contributed by atoms with Gasteiger partial charge in [-0.05, 0) is 50.8 Å². The summed E-state index contributed by atoms with van der Waals surface area (Å²) in [5.41, 5.74) is 0.632. The minimum absolute atomic E-state index is 0.0535. The summed E-state index contributed by atoms with van der Waals surface area (Å²) in [5.74, 6) is 1.25. The summed E-state index contributed by atoms with van der Waals surface area (Å²) in [6.45, 7) is 1.77. The zero-order valence-corrected chi connectivity index (χ0v) is 16.0. The second-order valence-electron chi connectivity index (χ2n) is 6.70. The maximum absolute atomic E-state index is 12.5. The predicted molar refractivity (Wildman–Crippen MR) is 102 cm³/mol. The first-order valence-electron chi connectivity index (χ1n) is 8.85. The van der Waals surface area contributed by atoms with E-state index in [1.54, 1.807) is 31.2 Å². The van der Waals surface area contributed by atoms with Gasteiger partial charge < -0.3 is 19.9 Å². The van der Waals surface area contributed by atoms with Crippen molar-refractivity contribution >= 4 is 34.9 Å². The van der Waals surface area contributed by atoms with Crippen LogP contribution in [0.1, 0.15) is 31.4 Å². The van der Waals surface area contributed by atoms with E-state index in [0.29, 0.717) is 53.7 Å². The summed E-state index contributed by atoms with van der Waals surface area (Å²) in [6, 6.07) is 6.81. The highest BCUT2D eigenvalue weighted by Gasteiger charge is 2.30. The van der Waals surface area contributed by atoms with Crippen LogP contribution in [0, 0.1) is 18.8 Å². The second kappa shape index (κ2) is 8.43. The van der Waals surface area contributed by atoms with E-state index >= 15 is 0 Å². The number of methoxy groups -OCH3 is 1. The van der Waals surface area contributed by atoms with Crippen LogP contribution in [0.2, 0.25) is 5.02 Å². The van der Waals surface area contributed by atoms with E-state index < -0.39 is 0 Å². The Bertz CT molecular complexity index is 828. The molecule has 3 rings (SSSR count). The van der Waals surface area contributed by atoms with Gasteiger partial charge in [-0.25, -0.2) is 0 Å². The van der Waals surface area contributed by atoms with Gasteiger partial charge in [0.2, 0.25) is 11.8 Å². The third-order valence-corrected chi connectivity index (χ3v) is 5.06. The SMILES string of the molecule is COc1ccc(NC(=O)C2CCC(C(=O)Nc3cc(C)on3)CC2)cc1Cl. The quantitative estimate of drug-likeness (QED) is 0.802. The highest BCUT2D eigenvalue weighted by atomic mass is 35.5. The molecule has 0 spiro atoms. The van der Waals surface area contributed by atoms with Crippen LogP contribution in [0.15, 0.2) is 28.8 Å². The number of halogens is 1. The minimum Gasteiger partial charge on any atom is -0.495 e. The molecule has 1 fully saturated rings. The topological polar surface area (TPSA) is 93.5 Å². The van der Waals surface area contributed by atoms with Gasteiger partial charge in [0.15, 0.2) is 5.82 Å². The largest absolute Gasteiger partial charge is 0.495 e. The molecule has 8 heteroatoms. The third-order valence-electron chi connectivity index (χ3n) is 4.77. The zero-order valence-electron chi connectivity index (χ0n) is 15.3. The van der Waals surface area contributed by atoms with E-state index in [0.717, 1.165) is 0 Å². The summed E-state index contributed by atoms with van der Waals surface area (Å²) in [7, 11) is 1.54. The standard InChI is InChI=1S/C19H22ClN3O4/c1-11-9-17(23-27-11)22-19(25)13-5-3-12(4-6-13)18(24)21-14-7-8-16(26-2)15(20)10-14/h7-10,12-13H,3-6H2,1-2H3,(H,21,24)(H,22,23,25). The smallest absolute Gasteiger partial charge is 0.228 e. The fourth-order valence-corrected chi connectivity index (χ4v) is 3.52. The molecule has 1 heterocycles. The lowest BCUT2D eigenvalue weighted by molar-refractivity contribution is -0.125. The molecule has 2 aromatic rings. The van der Waals surface area contributed by atoms with Crippen LogP contribution in [0.5, 0.6) is 5.75 Å². The number of amides is 2. The number of hydrogen-bond acceptors (Lipinski definition) is 5. The van der Waals surface area contributed by atoms with E-state index in [9.17, 15) is 9.59 Å². The highest BCUT2D eigenvalue weighted by molar-refractivity contribution is 6.32. The number of nitrogens with zero attached hydrogens (tertiary/aromatic N) is 1. The fourth-order valence-electron chi connectivity index (χ4n) is 3.26. The van der Waals surface area contributed by atoms with Crippen LogP contribution >= 0.6 is 11.6 Å². The number of rotatable bonds is 5. The van der Waals surface area contributed by atoms with Crippen LogP contribution in [-0.2, 0) is 9.59 Å². The molecule has 0 atom stereocenters. The van der Waals surface area contributed by atoms with Crippen molar-refractivity contribution in [2.45, 2.75) is 32.6 Å². The number of anilines is 2. The van der Waals surface area contributed by atoms with Crippen molar-refractivity contribution < 1.29 is 18.8 Å². The number of hydrogen-bond donors (Lipinski definition) is 2. The Morgan fingerprint density at radius 3 is 2.26 bits per heavy atom. The van der Waals surface area contributed by atoms with Crippen LogP contribution in [-0.4, -0.2) is 24.1 Å². The molecule has 2 amide bonds. The van der Waals surface area contributed by atoms with E-state index in [-0.39, 0.29) is 23.7 Å². The number of ether oxygens (including phenoxy) is 1. The van der Waals surface area contributed by atoms with Crippen molar-refractivity contribution in [2.24, 2.45) is 11.8 Å². The van der Waals surface area contributed by atoms with Gasteiger partial charge in [-0.15, -0.1) is 0 Å². The first-order valence-corrected chi connectivity index (χ1v) is 9.22. The molecular weight excluding hydrogens is 370 g/mol. The Morgan fingerprint density at radius 2 is 1.74 bits per heavy atom. The molecule has 7 nitrogen and oxygen atoms in total. The van der Waals surface area contributed by atoms with Gasteiger partial charge in [0.25, 0.3) is 0 Å². The average molecular weight is 392 g/mol. The molecule has 1 aliphatic rings. The summed E-state index contributed by atoms with van der Waals surface area (Å²) in [5, 5.41) is 9.86. The van der Waals surface area contributed by atoms with Crippen LogP contribution in [0.4, 0.5) is 11.5 Å². The minimum atomic E-state index is -0.124. The van der Waals surface area contributed by atoms with Crippen molar-refractivity contribution in [2.75, 3.05) is 17.7 Å². The lowest BCUT2D eigenvalue weighted by atomic mass is 9.81. The summed E-state index contributed by atoms with van der Waals surface area (Å²) < 4.78 is 10.1. The first-order chi connectivity index (χ1) is 13.0. The number of aryl methyl sites for hydroxylation is 1. The highest BCUT2D eigenvalue weighted by Crippen LogP contribution is 2.32. The van der Waals surface area contributed by atoms with Gasteiger partial charge in [-0.1, -0.05) is 16.8 Å². The molecule has 2 N–H and O–H groups in total. The molecule has 0 saturated heterocycles. The Morgan fingerprint density at radius 1 is 1.11 bits per heavy atom. The zero-order chi connectivity index (χ0) is 19.4. The van der Waals surface area contributed by atoms with Crippen molar-refractivity contribution in [3.63, 3.8) is 0 Å². The molecular formula is C19H22ClN3O4. The van der Waals surface area contributed by atoms with Crippen LogP contribution in [0.3, 0.4) is 0 Å². The molecule has 144 valence electrons. The maximum atomic E-state index is 12.5. The van der Waals surface area contributed by atoms with Crippen molar-refractivity contribution in [1.82, 2.24) is 5.16 Å². The van der Waals surface area contributed by atoms with Gasteiger partial charge in [0.1, 0.15) is 11.5 Å². The number of benzene rings is 1. The molecule has 27 heavy (non-hydrogen) atoms. The van der Waals surface area contributed by atoms with Crippen molar-refractivity contribution in [3.8, 4) is 5.75 Å². The first kappa shape index (κ1) is 19.2. The number of nitrogens with one attached hydrogen (secondary N) is 2. The molecule has 1 aromatic carbocycles. The molecule has 1 saturated carbocycles. The maximum Gasteiger partial charge on any atom is 0.228 e. The Kier molecular flexibility index (Phi) is 6.01. The van der Waals surface area contributed by atoms with Crippen molar-refractivity contribution in [3.05, 3.63) is 35.0 Å². The van der Waals surface area contributed by atoms with Gasteiger partial charge in [-0.2, -0.15) is 0 Å². The monoisotopic (exact) mass is 391 g/mol. The molecule has 0 aliphatic heterocycles. The van der Waals surface area contributed by atoms with E-state index in [1.807, 2.05) is 0 Å². The normalized spacial score (nSPS) is 19.4. The molecule has 0 unspecified atom stereocenters. The van der Waals surface area contributed by atoms with Gasteiger partial charge >= 0.3 is 0 Å². The van der Waals surface area contributed by atoms with E-state index in [2.05, 4.69) is 15.8 Å². The summed E-state index contributed by atoms with van der Waals surface area (Å²) in [6.07, 6.45) is 2.63.